The Hall–Kier alpha value is -2.41. The van der Waals surface area contributed by atoms with E-state index in [4.69, 9.17) is 0 Å². The smallest absolute Gasteiger partial charge is 0.200 e. The average Bonchev–Trinajstić information content (AvgIpc) is 2.47. The topological polar surface area (TPSA) is 3.88 Å². The molecule has 110 valence electrons. The number of benzene rings is 2. The minimum atomic E-state index is 1.24. The normalized spacial score (nSPS) is 10.7. The third kappa shape index (κ3) is 2.80. The maximum atomic E-state index is 2.25. The Kier molecular flexibility index (Phi) is 3.81. The van der Waals surface area contributed by atoms with E-state index in [1.54, 1.807) is 0 Å². The van der Waals surface area contributed by atoms with Crippen molar-refractivity contribution >= 4 is 0 Å². The molecule has 0 amide bonds. The second-order valence-corrected chi connectivity index (χ2v) is 6.11. The van der Waals surface area contributed by atoms with Crippen LogP contribution in [0.2, 0.25) is 0 Å². The largest absolute Gasteiger partial charge is 0.212 e. The maximum absolute atomic E-state index is 2.25. The molecule has 1 heteroatoms. The molecule has 3 rings (SSSR count). The van der Waals surface area contributed by atoms with Gasteiger partial charge < -0.3 is 0 Å². The number of pyridine rings is 1. The molecule has 0 saturated heterocycles. The standard InChI is InChI=1S/C21H22N/c1-15-11-16(2)13-19(12-15)18-9-10-21(22(4)14-18)20-8-6-5-7-17(20)3/h5-14H,1-4H3/q+1. The van der Waals surface area contributed by atoms with Crippen molar-refractivity contribution in [3.05, 3.63) is 77.5 Å². The van der Waals surface area contributed by atoms with Crippen LogP contribution in [0.1, 0.15) is 16.7 Å². The van der Waals surface area contributed by atoms with Crippen molar-refractivity contribution in [2.75, 3.05) is 0 Å². The van der Waals surface area contributed by atoms with Crippen LogP contribution in [0.25, 0.3) is 22.4 Å². The quantitative estimate of drug-likeness (QED) is 0.598. The van der Waals surface area contributed by atoms with E-state index < -0.39 is 0 Å². The third-order valence-electron chi connectivity index (χ3n) is 4.11. The lowest BCUT2D eigenvalue weighted by molar-refractivity contribution is -0.659. The highest BCUT2D eigenvalue weighted by Gasteiger charge is 2.13. The molecule has 0 aliphatic rings. The number of aromatic nitrogens is 1. The predicted octanol–water partition coefficient (Wildman–Crippen LogP) is 4.77. The van der Waals surface area contributed by atoms with E-state index in [0.717, 1.165) is 0 Å². The number of hydrogen-bond acceptors (Lipinski definition) is 0. The summed E-state index contributed by atoms with van der Waals surface area (Å²) in [6.45, 7) is 6.46. The van der Waals surface area contributed by atoms with Crippen LogP contribution in [-0.2, 0) is 7.05 Å². The van der Waals surface area contributed by atoms with Crippen LogP contribution in [0.4, 0.5) is 0 Å². The first-order valence-corrected chi connectivity index (χ1v) is 7.69. The zero-order valence-corrected chi connectivity index (χ0v) is 13.7. The molecule has 0 spiro atoms. The number of rotatable bonds is 2. The Balaban J connectivity index is 2.08. The molecule has 0 atom stereocenters. The first-order valence-electron chi connectivity index (χ1n) is 7.69. The second-order valence-electron chi connectivity index (χ2n) is 6.11. The van der Waals surface area contributed by atoms with Crippen LogP contribution in [0.15, 0.2) is 60.8 Å². The predicted molar refractivity (Wildman–Crippen MR) is 92.7 cm³/mol. The van der Waals surface area contributed by atoms with Gasteiger partial charge >= 0.3 is 0 Å². The van der Waals surface area contributed by atoms with Crippen molar-refractivity contribution in [3.63, 3.8) is 0 Å². The van der Waals surface area contributed by atoms with Gasteiger partial charge in [0.15, 0.2) is 6.20 Å². The Labute approximate surface area is 132 Å². The summed E-state index contributed by atoms with van der Waals surface area (Å²) in [5.74, 6) is 0. The van der Waals surface area contributed by atoms with Crippen molar-refractivity contribution in [1.82, 2.24) is 0 Å². The van der Waals surface area contributed by atoms with Gasteiger partial charge in [-0.15, -0.1) is 0 Å². The van der Waals surface area contributed by atoms with Crippen molar-refractivity contribution < 1.29 is 4.57 Å². The molecule has 2 aromatic carbocycles. The summed E-state index contributed by atoms with van der Waals surface area (Å²) in [5.41, 5.74) is 8.98. The van der Waals surface area contributed by atoms with Crippen molar-refractivity contribution in [1.29, 1.82) is 0 Å². The minimum Gasteiger partial charge on any atom is -0.200 e. The number of hydrogen-bond donors (Lipinski definition) is 0. The highest BCUT2D eigenvalue weighted by molar-refractivity contribution is 5.67. The zero-order valence-electron chi connectivity index (χ0n) is 13.7. The molecule has 0 N–H and O–H groups in total. The summed E-state index contributed by atoms with van der Waals surface area (Å²) in [7, 11) is 2.12. The monoisotopic (exact) mass is 288 g/mol. The highest BCUT2D eigenvalue weighted by atomic mass is 14.9. The molecule has 0 fully saturated rings. The minimum absolute atomic E-state index is 1.24. The Bertz CT molecular complexity index is 811. The molecule has 0 aliphatic heterocycles. The van der Waals surface area contributed by atoms with Crippen LogP contribution >= 0.6 is 0 Å². The molecule has 3 aromatic rings. The van der Waals surface area contributed by atoms with Gasteiger partial charge in [-0.25, -0.2) is 4.57 Å². The van der Waals surface area contributed by atoms with Crippen LogP contribution in [0, 0.1) is 20.8 Å². The summed E-state index contributed by atoms with van der Waals surface area (Å²) in [5, 5.41) is 0. The molecule has 0 bridgehead atoms. The van der Waals surface area contributed by atoms with Crippen molar-refractivity contribution in [3.8, 4) is 22.4 Å². The molecule has 1 aromatic heterocycles. The van der Waals surface area contributed by atoms with Crippen LogP contribution in [0.3, 0.4) is 0 Å². The molecule has 0 saturated carbocycles. The highest BCUT2D eigenvalue weighted by Crippen LogP contribution is 2.24. The van der Waals surface area contributed by atoms with Gasteiger partial charge in [-0.3, -0.25) is 0 Å². The van der Waals surface area contributed by atoms with E-state index >= 15 is 0 Å². The summed E-state index contributed by atoms with van der Waals surface area (Å²) >= 11 is 0. The van der Waals surface area contributed by atoms with Gasteiger partial charge in [0.25, 0.3) is 0 Å². The Morgan fingerprint density at radius 1 is 0.727 bits per heavy atom. The average molecular weight is 288 g/mol. The molecular formula is C21H22N+. The van der Waals surface area contributed by atoms with Gasteiger partial charge in [0.2, 0.25) is 5.69 Å². The Morgan fingerprint density at radius 2 is 1.41 bits per heavy atom. The molecule has 0 unspecified atom stereocenters. The van der Waals surface area contributed by atoms with Gasteiger partial charge in [-0.05, 0) is 44.0 Å². The van der Waals surface area contributed by atoms with E-state index in [-0.39, 0.29) is 0 Å². The fourth-order valence-corrected chi connectivity index (χ4v) is 3.06. The van der Waals surface area contributed by atoms with E-state index in [9.17, 15) is 0 Å². The molecule has 22 heavy (non-hydrogen) atoms. The molecular weight excluding hydrogens is 266 g/mol. The lowest BCUT2D eigenvalue weighted by Gasteiger charge is -2.07. The summed E-state index contributed by atoms with van der Waals surface area (Å²) in [4.78, 5) is 0. The number of nitrogens with zero attached hydrogens (tertiary/aromatic N) is 1. The van der Waals surface area contributed by atoms with Crippen molar-refractivity contribution in [2.45, 2.75) is 20.8 Å². The first kappa shape index (κ1) is 14.5. The van der Waals surface area contributed by atoms with E-state index in [0.29, 0.717) is 0 Å². The van der Waals surface area contributed by atoms with Crippen LogP contribution in [-0.4, -0.2) is 0 Å². The molecule has 1 heterocycles. The van der Waals surface area contributed by atoms with Gasteiger partial charge in [-0.2, -0.15) is 0 Å². The Morgan fingerprint density at radius 3 is 2.05 bits per heavy atom. The molecule has 0 radical (unpaired) electrons. The fraction of sp³-hybridized carbons (Fsp3) is 0.190. The summed E-state index contributed by atoms with van der Waals surface area (Å²) in [6.07, 6.45) is 2.22. The maximum Gasteiger partial charge on any atom is 0.212 e. The van der Waals surface area contributed by atoms with Gasteiger partial charge in [-0.1, -0.05) is 47.5 Å². The molecule has 1 nitrogen and oxygen atoms in total. The van der Waals surface area contributed by atoms with Gasteiger partial charge in [0.1, 0.15) is 7.05 Å². The third-order valence-corrected chi connectivity index (χ3v) is 4.11. The summed E-state index contributed by atoms with van der Waals surface area (Å²) in [6, 6.07) is 19.7. The fourth-order valence-electron chi connectivity index (χ4n) is 3.06. The van der Waals surface area contributed by atoms with Gasteiger partial charge in [0.05, 0.1) is 0 Å². The SMILES string of the molecule is Cc1cc(C)cc(-c2ccc(-c3ccccc3C)[n+](C)c2)c1. The number of aryl methyl sites for hydroxylation is 4. The van der Waals surface area contributed by atoms with Crippen LogP contribution < -0.4 is 4.57 Å². The summed E-state index contributed by atoms with van der Waals surface area (Å²) < 4.78 is 2.22. The van der Waals surface area contributed by atoms with Crippen molar-refractivity contribution in [2.24, 2.45) is 7.05 Å². The lowest BCUT2D eigenvalue weighted by atomic mass is 10.00. The second kappa shape index (κ2) is 5.76. The zero-order chi connectivity index (χ0) is 15.7. The van der Waals surface area contributed by atoms with E-state index in [2.05, 4.69) is 93.2 Å². The molecule has 0 aliphatic carbocycles. The van der Waals surface area contributed by atoms with Gasteiger partial charge in [0, 0.05) is 17.2 Å². The van der Waals surface area contributed by atoms with E-state index in [1.165, 1.54) is 39.1 Å². The van der Waals surface area contributed by atoms with Crippen LogP contribution in [0.5, 0.6) is 0 Å². The lowest BCUT2D eigenvalue weighted by Crippen LogP contribution is -2.30. The first-order chi connectivity index (χ1) is 10.5. The van der Waals surface area contributed by atoms with E-state index in [1.807, 2.05) is 0 Å².